The van der Waals surface area contributed by atoms with Crippen LogP contribution in [0, 0.1) is 17.0 Å². The Morgan fingerprint density at radius 1 is 1.27 bits per heavy atom. The first-order valence-electron chi connectivity index (χ1n) is 8.29. The van der Waals surface area contributed by atoms with Crippen molar-refractivity contribution in [3.05, 3.63) is 68.7 Å². The van der Waals surface area contributed by atoms with E-state index in [4.69, 9.17) is 11.6 Å². The third kappa shape index (κ3) is 4.80. The molecule has 0 aliphatic heterocycles. The van der Waals surface area contributed by atoms with Gasteiger partial charge in [0.25, 0.3) is 5.69 Å². The van der Waals surface area contributed by atoms with Gasteiger partial charge in [0, 0.05) is 30.1 Å². The van der Waals surface area contributed by atoms with Gasteiger partial charge < -0.3 is 5.32 Å². The predicted molar refractivity (Wildman–Crippen MR) is 104 cm³/mol. The summed E-state index contributed by atoms with van der Waals surface area (Å²) in [7, 11) is 1.93. The second kappa shape index (κ2) is 8.78. The Morgan fingerprint density at radius 2 is 1.96 bits per heavy atom. The van der Waals surface area contributed by atoms with Gasteiger partial charge in [-0.3, -0.25) is 19.8 Å². The van der Waals surface area contributed by atoms with Crippen molar-refractivity contribution < 1.29 is 9.72 Å². The quantitative estimate of drug-likeness (QED) is 0.567. The number of anilines is 1. The van der Waals surface area contributed by atoms with Crippen LogP contribution in [-0.4, -0.2) is 29.3 Å². The Labute approximate surface area is 157 Å². The van der Waals surface area contributed by atoms with Crippen LogP contribution in [0.5, 0.6) is 0 Å². The monoisotopic (exact) mass is 375 g/mol. The van der Waals surface area contributed by atoms with E-state index in [1.54, 1.807) is 19.1 Å². The third-order valence-electron chi connectivity index (χ3n) is 4.48. The van der Waals surface area contributed by atoms with Gasteiger partial charge in [-0.2, -0.15) is 0 Å². The minimum atomic E-state index is -0.454. The molecule has 138 valence electrons. The molecule has 0 aromatic heterocycles. The molecule has 0 aliphatic carbocycles. The van der Waals surface area contributed by atoms with Crippen molar-refractivity contribution in [3.63, 3.8) is 0 Å². The molecule has 0 radical (unpaired) electrons. The van der Waals surface area contributed by atoms with Gasteiger partial charge in [-0.15, -0.1) is 0 Å². The van der Waals surface area contributed by atoms with Crippen molar-refractivity contribution >= 4 is 28.9 Å². The highest BCUT2D eigenvalue weighted by molar-refractivity contribution is 6.31. The first kappa shape index (κ1) is 19.9. The normalized spacial score (nSPS) is 12.0. The molecule has 0 aliphatic rings. The van der Waals surface area contributed by atoms with E-state index in [2.05, 4.69) is 5.32 Å². The molecule has 26 heavy (non-hydrogen) atoms. The van der Waals surface area contributed by atoms with Gasteiger partial charge in [0.15, 0.2) is 0 Å². The van der Waals surface area contributed by atoms with Gasteiger partial charge in [-0.05, 0) is 38.6 Å². The maximum atomic E-state index is 12.2. The van der Waals surface area contributed by atoms with Crippen molar-refractivity contribution in [2.24, 2.45) is 0 Å². The molecular weight excluding hydrogens is 354 g/mol. The number of hydrogen-bond acceptors (Lipinski definition) is 4. The molecule has 0 spiro atoms. The molecule has 1 unspecified atom stereocenters. The summed E-state index contributed by atoms with van der Waals surface area (Å²) >= 11 is 6.23. The van der Waals surface area contributed by atoms with E-state index < -0.39 is 4.92 Å². The average Bonchev–Trinajstić information content (AvgIpc) is 2.61. The number of halogens is 1. The minimum Gasteiger partial charge on any atom is -0.326 e. The Balaban J connectivity index is 1.96. The maximum Gasteiger partial charge on any atom is 0.274 e. The zero-order valence-electron chi connectivity index (χ0n) is 15.0. The van der Waals surface area contributed by atoms with E-state index >= 15 is 0 Å². The highest BCUT2D eigenvalue weighted by Gasteiger charge is 2.17. The van der Waals surface area contributed by atoms with Gasteiger partial charge >= 0.3 is 0 Å². The lowest BCUT2D eigenvalue weighted by atomic mass is 10.1. The first-order valence-corrected chi connectivity index (χ1v) is 8.67. The number of nitrogens with zero attached hydrogens (tertiary/aromatic N) is 2. The van der Waals surface area contributed by atoms with E-state index in [0.29, 0.717) is 22.8 Å². The summed E-state index contributed by atoms with van der Waals surface area (Å²) in [6, 6.07) is 12.3. The standard InChI is InChI=1S/C19H22ClN3O3/c1-13-17(9-6-10-18(13)23(25)26)21-19(24)11-12-22(3)14(2)15-7-4-5-8-16(15)20/h4-10,14H,11-12H2,1-3H3,(H,21,24). The minimum absolute atomic E-state index is 0.00717. The van der Waals surface area contributed by atoms with Gasteiger partial charge in [-0.25, -0.2) is 0 Å². The Hall–Kier alpha value is -2.44. The smallest absolute Gasteiger partial charge is 0.274 e. The lowest BCUT2D eigenvalue weighted by Crippen LogP contribution is -2.27. The number of amides is 1. The predicted octanol–water partition coefficient (Wildman–Crippen LogP) is 4.58. The Kier molecular flexibility index (Phi) is 6.71. The molecule has 0 saturated heterocycles. The van der Waals surface area contributed by atoms with Crippen LogP contribution in [0.3, 0.4) is 0 Å². The van der Waals surface area contributed by atoms with Crippen molar-refractivity contribution in [1.29, 1.82) is 0 Å². The van der Waals surface area contributed by atoms with Crippen molar-refractivity contribution in [3.8, 4) is 0 Å². The second-order valence-corrected chi connectivity index (χ2v) is 6.59. The van der Waals surface area contributed by atoms with Crippen LogP contribution in [0.2, 0.25) is 5.02 Å². The lowest BCUT2D eigenvalue weighted by Gasteiger charge is -2.25. The molecule has 1 amide bonds. The highest BCUT2D eigenvalue weighted by atomic mass is 35.5. The molecular formula is C19H22ClN3O3. The van der Waals surface area contributed by atoms with Crippen LogP contribution >= 0.6 is 11.6 Å². The van der Waals surface area contributed by atoms with Crippen LogP contribution in [-0.2, 0) is 4.79 Å². The molecule has 1 atom stereocenters. The van der Waals surface area contributed by atoms with Gasteiger partial charge in [-0.1, -0.05) is 35.9 Å². The summed E-state index contributed by atoms with van der Waals surface area (Å²) < 4.78 is 0. The second-order valence-electron chi connectivity index (χ2n) is 6.18. The van der Waals surface area contributed by atoms with Crippen LogP contribution in [0.25, 0.3) is 0 Å². The first-order chi connectivity index (χ1) is 12.3. The van der Waals surface area contributed by atoms with Crippen LogP contribution < -0.4 is 5.32 Å². The number of benzene rings is 2. The number of carbonyl (C=O) groups excluding carboxylic acids is 1. The van der Waals surface area contributed by atoms with Crippen LogP contribution in [0.1, 0.15) is 30.5 Å². The van der Waals surface area contributed by atoms with Crippen LogP contribution in [0.15, 0.2) is 42.5 Å². The van der Waals surface area contributed by atoms with E-state index in [-0.39, 0.29) is 24.1 Å². The molecule has 2 aromatic rings. The number of nitrogens with one attached hydrogen (secondary N) is 1. The Bertz CT molecular complexity index is 810. The van der Waals surface area contributed by atoms with E-state index in [0.717, 1.165) is 5.56 Å². The Morgan fingerprint density at radius 3 is 2.62 bits per heavy atom. The number of nitro benzene ring substituents is 1. The zero-order chi connectivity index (χ0) is 19.3. The maximum absolute atomic E-state index is 12.2. The molecule has 1 N–H and O–H groups in total. The number of rotatable bonds is 7. The third-order valence-corrected chi connectivity index (χ3v) is 4.83. The van der Waals surface area contributed by atoms with Crippen molar-refractivity contribution in [2.75, 3.05) is 18.9 Å². The molecule has 0 heterocycles. The number of carbonyl (C=O) groups is 1. The average molecular weight is 376 g/mol. The molecule has 7 heteroatoms. The van der Waals surface area contributed by atoms with Crippen LogP contribution in [0.4, 0.5) is 11.4 Å². The van der Waals surface area contributed by atoms with E-state index in [1.165, 1.54) is 6.07 Å². The summed E-state index contributed by atoms with van der Waals surface area (Å²) in [5, 5.41) is 14.4. The largest absolute Gasteiger partial charge is 0.326 e. The summed E-state index contributed by atoms with van der Waals surface area (Å²) in [4.78, 5) is 24.8. The summed E-state index contributed by atoms with van der Waals surface area (Å²) in [6.07, 6.45) is 0.271. The van der Waals surface area contributed by atoms with Crippen molar-refractivity contribution in [1.82, 2.24) is 4.90 Å². The fourth-order valence-corrected chi connectivity index (χ4v) is 2.99. The lowest BCUT2D eigenvalue weighted by molar-refractivity contribution is -0.385. The molecule has 0 saturated carbocycles. The summed E-state index contributed by atoms with van der Waals surface area (Å²) in [5.41, 5.74) is 1.91. The topological polar surface area (TPSA) is 75.5 Å². The van der Waals surface area contributed by atoms with E-state index in [1.807, 2.05) is 43.1 Å². The van der Waals surface area contributed by atoms with E-state index in [9.17, 15) is 14.9 Å². The SMILES string of the molecule is Cc1c(NC(=O)CCN(C)C(C)c2ccccc2Cl)cccc1[N+](=O)[O-]. The molecule has 0 fully saturated rings. The molecule has 2 rings (SSSR count). The fourth-order valence-electron chi connectivity index (χ4n) is 2.69. The summed E-state index contributed by atoms with van der Waals surface area (Å²) in [6.45, 7) is 4.19. The number of hydrogen-bond donors (Lipinski definition) is 1. The highest BCUT2D eigenvalue weighted by Crippen LogP contribution is 2.27. The zero-order valence-corrected chi connectivity index (χ0v) is 15.8. The fraction of sp³-hybridized carbons (Fsp3) is 0.316. The molecule has 6 nitrogen and oxygen atoms in total. The van der Waals surface area contributed by atoms with Gasteiger partial charge in [0.1, 0.15) is 0 Å². The molecule has 2 aromatic carbocycles. The summed E-state index contributed by atoms with van der Waals surface area (Å²) in [5.74, 6) is -0.188. The van der Waals surface area contributed by atoms with Gasteiger partial charge in [0.2, 0.25) is 5.91 Å². The number of nitro groups is 1. The van der Waals surface area contributed by atoms with Gasteiger partial charge in [0.05, 0.1) is 16.2 Å². The molecule has 0 bridgehead atoms. The van der Waals surface area contributed by atoms with Crippen molar-refractivity contribution in [2.45, 2.75) is 26.3 Å².